The first-order chi connectivity index (χ1) is 6.83. The maximum Gasteiger partial charge on any atom is 0.0195 e. The maximum atomic E-state index is 3.22. The lowest BCUT2D eigenvalue weighted by molar-refractivity contribution is 1.14. The van der Waals surface area contributed by atoms with Crippen LogP contribution in [0.25, 0.3) is 11.1 Å². The molecule has 0 spiro atoms. The van der Waals surface area contributed by atoms with Crippen LogP contribution >= 0.6 is 0 Å². The van der Waals surface area contributed by atoms with E-state index in [2.05, 4.69) is 49.2 Å². The third-order valence-corrected chi connectivity index (χ3v) is 2.64. The highest BCUT2D eigenvalue weighted by molar-refractivity contribution is 5.69. The largest absolute Gasteiger partial charge is 0.365 e. The lowest BCUT2D eigenvalue weighted by Crippen LogP contribution is -1.87. The van der Waals surface area contributed by atoms with Gasteiger partial charge in [-0.2, -0.15) is 0 Å². The zero-order valence-electron chi connectivity index (χ0n) is 8.67. The van der Waals surface area contributed by atoms with Gasteiger partial charge in [0.2, 0.25) is 0 Å². The van der Waals surface area contributed by atoms with E-state index in [9.17, 15) is 0 Å². The Morgan fingerprint density at radius 3 is 2.50 bits per heavy atom. The third-order valence-electron chi connectivity index (χ3n) is 2.64. The number of hydrogen-bond donors (Lipinski definition) is 1. The molecule has 1 heteroatoms. The summed E-state index contributed by atoms with van der Waals surface area (Å²) in [6, 6.07) is 10.7. The van der Waals surface area contributed by atoms with Crippen LogP contribution in [0.2, 0.25) is 0 Å². The first-order valence-corrected chi connectivity index (χ1v) is 5.05. The number of aromatic amines is 1. The summed E-state index contributed by atoms with van der Waals surface area (Å²) in [5, 5.41) is 0. The molecule has 0 aliphatic heterocycles. The SMILES string of the molecule is CCc1ccccc1-c1cc[nH]c1C. The maximum absolute atomic E-state index is 3.22. The van der Waals surface area contributed by atoms with E-state index in [4.69, 9.17) is 0 Å². The first-order valence-electron chi connectivity index (χ1n) is 5.05. The van der Waals surface area contributed by atoms with Crippen LogP contribution in [0.3, 0.4) is 0 Å². The zero-order chi connectivity index (χ0) is 9.97. The fourth-order valence-corrected chi connectivity index (χ4v) is 1.84. The van der Waals surface area contributed by atoms with Crippen molar-refractivity contribution in [1.82, 2.24) is 4.98 Å². The Labute approximate surface area is 84.8 Å². The lowest BCUT2D eigenvalue weighted by Gasteiger charge is -2.06. The van der Waals surface area contributed by atoms with Gasteiger partial charge in [0.05, 0.1) is 0 Å². The summed E-state index contributed by atoms with van der Waals surface area (Å²) >= 11 is 0. The van der Waals surface area contributed by atoms with Crippen LogP contribution < -0.4 is 0 Å². The minimum Gasteiger partial charge on any atom is -0.365 e. The Hall–Kier alpha value is -1.50. The molecule has 1 aromatic carbocycles. The Morgan fingerprint density at radius 1 is 1.07 bits per heavy atom. The van der Waals surface area contributed by atoms with Gasteiger partial charge in [-0.1, -0.05) is 31.2 Å². The minimum absolute atomic E-state index is 1.08. The number of aryl methyl sites for hydroxylation is 2. The normalized spacial score (nSPS) is 10.4. The van der Waals surface area contributed by atoms with E-state index in [-0.39, 0.29) is 0 Å². The van der Waals surface area contributed by atoms with E-state index >= 15 is 0 Å². The van der Waals surface area contributed by atoms with Crippen molar-refractivity contribution in [3.05, 3.63) is 47.8 Å². The molecule has 0 aliphatic rings. The fourth-order valence-electron chi connectivity index (χ4n) is 1.84. The highest BCUT2D eigenvalue weighted by Gasteiger charge is 2.05. The quantitative estimate of drug-likeness (QED) is 0.736. The summed E-state index contributed by atoms with van der Waals surface area (Å²) < 4.78 is 0. The number of benzene rings is 1. The molecule has 14 heavy (non-hydrogen) atoms. The molecule has 0 saturated carbocycles. The number of rotatable bonds is 2. The van der Waals surface area contributed by atoms with E-state index in [1.807, 2.05) is 6.20 Å². The van der Waals surface area contributed by atoms with Gasteiger partial charge >= 0.3 is 0 Å². The van der Waals surface area contributed by atoms with Gasteiger partial charge in [0.15, 0.2) is 0 Å². The molecule has 0 saturated heterocycles. The highest BCUT2D eigenvalue weighted by Crippen LogP contribution is 2.26. The van der Waals surface area contributed by atoms with Crippen LogP contribution in [0, 0.1) is 6.92 Å². The van der Waals surface area contributed by atoms with E-state index < -0.39 is 0 Å². The Bertz CT molecular complexity index is 426. The van der Waals surface area contributed by atoms with Crippen molar-refractivity contribution in [3.8, 4) is 11.1 Å². The van der Waals surface area contributed by atoms with Gasteiger partial charge in [0.1, 0.15) is 0 Å². The summed E-state index contributed by atoms with van der Waals surface area (Å²) in [7, 11) is 0. The topological polar surface area (TPSA) is 15.8 Å². The van der Waals surface area contributed by atoms with Crippen molar-refractivity contribution in [2.45, 2.75) is 20.3 Å². The molecule has 0 radical (unpaired) electrons. The molecule has 1 N–H and O–H groups in total. The molecule has 2 rings (SSSR count). The van der Waals surface area contributed by atoms with Gasteiger partial charge in [-0.25, -0.2) is 0 Å². The fraction of sp³-hybridized carbons (Fsp3) is 0.231. The van der Waals surface area contributed by atoms with Crippen molar-refractivity contribution < 1.29 is 0 Å². The molecule has 1 heterocycles. The van der Waals surface area contributed by atoms with Crippen molar-refractivity contribution in [2.24, 2.45) is 0 Å². The summed E-state index contributed by atoms with van der Waals surface area (Å²) in [5.74, 6) is 0. The Balaban J connectivity index is 2.56. The predicted octanol–water partition coefficient (Wildman–Crippen LogP) is 3.55. The summed E-state index contributed by atoms with van der Waals surface area (Å²) in [6.45, 7) is 4.31. The minimum atomic E-state index is 1.08. The number of hydrogen-bond acceptors (Lipinski definition) is 0. The molecule has 0 amide bonds. The van der Waals surface area contributed by atoms with Crippen LogP contribution in [0.5, 0.6) is 0 Å². The molecule has 1 aromatic heterocycles. The first kappa shape index (κ1) is 9.07. The van der Waals surface area contributed by atoms with Crippen molar-refractivity contribution in [1.29, 1.82) is 0 Å². The van der Waals surface area contributed by atoms with Crippen molar-refractivity contribution >= 4 is 0 Å². The van der Waals surface area contributed by atoms with Crippen molar-refractivity contribution in [2.75, 3.05) is 0 Å². The van der Waals surface area contributed by atoms with Gasteiger partial charge in [0, 0.05) is 17.5 Å². The molecule has 0 bridgehead atoms. The van der Waals surface area contributed by atoms with E-state index in [1.165, 1.54) is 22.4 Å². The molecule has 0 unspecified atom stereocenters. The monoisotopic (exact) mass is 185 g/mol. The zero-order valence-corrected chi connectivity index (χ0v) is 8.67. The van der Waals surface area contributed by atoms with Gasteiger partial charge in [-0.15, -0.1) is 0 Å². The second kappa shape index (κ2) is 3.70. The standard InChI is InChI=1S/C13H15N/c1-3-11-6-4-5-7-13(11)12-8-9-14-10(12)2/h4-9,14H,3H2,1-2H3. The Morgan fingerprint density at radius 2 is 1.86 bits per heavy atom. The number of nitrogens with one attached hydrogen (secondary N) is 1. The summed E-state index contributed by atoms with van der Waals surface area (Å²) in [5.41, 5.74) is 5.33. The predicted molar refractivity (Wildman–Crippen MR) is 60.3 cm³/mol. The van der Waals surface area contributed by atoms with Crippen LogP contribution in [0.15, 0.2) is 36.5 Å². The van der Waals surface area contributed by atoms with Gasteiger partial charge < -0.3 is 4.98 Å². The lowest BCUT2D eigenvalue weighted by atomic mass is 9.99. The average molecular weight is 185 g/mol. The molecule has 0 aliphatic carbocycles. The average Bonchev–Trinajstić information content (AvgIpc) is 2.64. The van der Waals surface area contributed by atoms with Gasteiger partial charge in [0.25, 0.3) is 0 Å². The highest BCUT2D eigenvalue weighted by atomic mass is 14.7. The van der Waals surface area contributed by atoms with Gasteiger partial charge in [-0.05, 0) is 30.5 Å². The van der Waals surface area contributed by atoms with E-state index in [0.29, 0.717) is 0 Å². The van der Waals surface area contributed by atoms with Crippen molar-refractivity contribution in [3.63, 3.8) is 0 Å². The van der Waals surface area contributed by atoms with Crippen LogP contribution in [0.1, 0.15) is 18.2 Å². The molecular formula is C13H15N. The molecule has 72 valence electrons. The molecule has 0 fully saturated rings. The molecule has 2 aromatic rings. The van der Waals surface area contributed by atoms with Crippen LogP contribution in [-0.2, 0) is 6.42 Å². The van der Waals surface area contributed by atoms with E-state index in [1.54, 1.807) is 0 Å². The number of H-pyrrole nitrogens is 1. The van der Waals surface area contributed by atoms with Crippen LogP contribution in [-0.4, -0.2) is 4.98 Å². The number of aromatic nitrogens is 1. The summed E-state index contributed by atoms with van der Waals surface area (Å²) in [4.78, 5) is 3.22. The summed E-state index contributed by atoms with van der Waals surface area (Å²) in [6.07, 6.45) is 3.08. The van der Waals surface area contributed by atoms with E-state index in [0.717, 1.165) is 6.42 Å². The molecular weight excluding hydrogens is 170 g/mol. The second-order valence-electron chi connectivity index (χ2n) is 3.53. The second-order valence-corrected chi connectivity index (χ2v) is 3.53. The Kier molecular flexibility index (Phi) is 2.40. The smallest absolute Gasteiger partial charge is 0.0195 e. The van der Waals surface area contributed by atoms with Gasteiger partial charge in [-0.3, -0.25) is 0 Å². The molecule has 1 nitrogen and oxygen atoms in total. The third kappa shape index (κ3) is 1.46. The molecule has 0 atom stereocenters. The van der Waals surface area contributed by atoms with Crippen LogP contribution in [0.4, 0.5) is 0 Å².